The van der Waals surface area contributed by atoms with Gasteiger partial charge in [-0.3, -0.25) is 0 Å². The first kappa shape index (κ1) is 23.4. The Morgan fingerprint density at radius 3 is 1.73 bits per heavy atom. The Bertz CT molecular complexity index is 2930. The monoisotopic (exact) mass is 612 g/mol. The van der Waals surface area contributed by atoms with Gasteiger partial charge in [0.05, 0.1) is 5.48 Å². The third-order valence-electron chi connectivity index (χ3n) is 10.5. The number of hydrogen-bond acceptors (Lipinski definition) is 0. The van der Waals surface area contributed by atoms with Gasteiger partial charge in [-0.15, -0.1) is 0 Å². The lowest BCUT2D eigenvalue weighted by Gasteiger charge is -2.28. The molecule has 0 spiro atoms. The molecule has 0 aliphatic heterocycles. The van der Waals surface area contributed by atoms with Gasteiger partial charge in [-0.2, -0.15) is 0 Å². The lowest BCUT2D eigenvalue weighted by molar-refractivity contribution is 0.715. The predicted molar refractivity (Wildman–Crippen MR) is 205 cm³/mol. The Labute approximate surface area is 286 Å². The third-order valence-corrected chi connectivity index (χ3v) is 10.5. The van der Waals surface area contributed by atoms with E-state index < -0.39 is 5.41 Å². The van der Waals surface area contributed by atoms with Crippen LogP contribution >= 0.6 is 0 Å². The van der Waals surface area contributed by atoms with Crippen LogP contribution in [-0.2, 0) is 5.41 Å². The number of hydrogen-bond donors (Lipinski definition) is 0. The van der Waals surface area contributed by atoms with Crippen molar-refractivity contribution in [2.24, 2.45) is 0 Å². The Hall–Kier alpha value is -5.98. The zero-order valence-electron chi connectivity index (χ0n) is 30.4. The molecule has 0 N–H and O–H groups in total. The summed E-state index contributed by atoms with van der Waals surface area (Å²) in [6, 6.07) is 52.2. The van der Waals surface area contributed by atoms with Gasteiger partial charge in [0.15, 0.2) is 0 Å². The first-order valence-electron chi connectivity index (χ1n) is 18.5. The molecule has 0 saturated heterocycles. The van der Waals surface area contributed by atoms with Crippen molar-refractivity contribution in [2.75, 3.05) is 0 Å². The van der Waals surface area contributed by atoms with Gasteiger partial charge in [0.25, 0.3) is 0 Å². The smallest absolute Gasteiger partial charge is 0.0622 e. The van der Waals surface area contributed by atoms with Crippen LogP contribution in [0.3, 0.4) is 0 Å². The fraction of sp³-hybridized carbons (Fsp3) is 0.0417. The van der Waals surface area contributed by atoms with E-state index in [0.29, 0.717) is 22.3 Å². The van der Waals surface area contributed by atoms with Crippen LogP contribution in [0.15, 0.2) is 176 Å². The van der Waals surface area contributed by atoms with Gasteiger partial charge in [-0.25, -0.2) is 0 Å². The molecule has 1 unspecified atom stereocenters. The van der Waals surface area contributed by atoms with E-state index in [9.17, 15) is 5.48 Å². The lowest BCUT2D eigenvalue weighted by Crippen LogP contribution is -2.22. The molecule has 9 aromatic rings. The summed E-state index contributed by atoms with van der Waals surface area (Å²) in [6.45, 7) is 2.26. The minimum atomic E-state index is -0.488. The highest BCUT2D eigenvalue weighted by Crippen LogP contribution is 2.56. The maximum absolute atomic E-state index is 9.59. The molecular weight excluding hydrogens is 577 g/mol. The first-order valence-corrected chi connectivity index (χ1v) is 16.5. The van der Waals surface area contributed by atoms with E-state index in [1.165, 1.54) is 5.56 Å². The molecule has 9 aromatic carbocycles. The molecule has 0 heterocycles. The summed E-state index contributed by atoms with van der Waals surface area (Å²) in [5.41, 5.74) is 7.01. The maximum atomic E-state index is 9.59. The Morgan fingerprint density at radius 2 is 0.979 bits per heavy atom. The lowest BCUT2D eigenvalue weighted by atomic mass is 9.74. The molecule has 48 heavy (non-hydrogen) atoms. The van der Waals surface area contributed by atoms with E-state index in [0.717, 1.165) is 65.3 Å². The van der Waals surface area contributed by atoms with Gasteiger partial charge in [-0.05, 0) is 124 Å². The largest absolute Gasteiger partial charge is 0.0629 e. The molecule has 10 rings (SSSR count). The van der Waals surface area contributed by atoms with E-state index >= 15 is 0 Å². The normalized spacial score (nSPS) is 16.4. The molecular formula is C48H32. The molecule has 0 bridgehead atoms. The summed E-state index contributed by atoms with van der Waals surface area (Å²) in [6.07, 6.45) is 0. The quantitative estimate of drug-likeness (QED) is 0.138. The average molecular weight is 613 g/mol. The van der Waals surface area contributed by atoms with E-state index in [1.54, 1.807) is 0 Å². The van der Waals surface area contributed by atoms with Crippen molar-refractivity contribution in [3.63, 3.8) is 0 Å². The van der Waals surface area contributed by atoms with Gasteiger partial charge in [0.1, 0.15) is 0 Å². The van der Waals surface area contributed by atoms with E-state index in [4.69, 9.17) is 0 Å². The second-order valence-electron chi connectivity index (χ2n) is 13.1. The highest BCUT2D eigenvalue weighted by molar-refractivity contribution is 6.17. The standard InChI is InChI=1S/C48H32/c1-48(39-16-3-2-4-17-39)44-20-10-19-41(47(44)43-29-36-13-7-8-14-37(36)30-45(43)48)32-23-21-31(22-24-32)40-18-9-15-33-25-26-38-27-34-11-5-6-12-35(34)28-42(38)46(33)40/h2-30H,1H3/i21D,22D,23D,24D. The topological polar surface area (TPSA) is 0 Å². The molecule has 0 nitrogen and oxygen atoms in total. The van der Waals surface area contributed by atoms with E-state index in [-0.39, 0.29) is 24.2 Å². The molecule has 224 valence electrons. The minimum Gasteiger partial charge on any atom is -0.0622 e. The van der Waals surface area contributed by atoms with Crippen LogP contribution in [0.2, 0.25) is 0 Å². The van der Waals surface area contributed by atoms with Crippen molar-refractivity contribution in [3.8, 4) is 33.4 Å². The van der Waals surface area contributed by atoms with Crippen molar-refractivity contribution in [1.29, 1.82) is 0 Å². The molecule has 0 radical (unpaired) electrons. The zero-order chi connectivity index (χ0) is 35.3. The van der Waals surface area contributed by atoms with Crippen LogP contribution in [-0.4, -0.2) is 0 Å². The summed E-state index contributed by atoms with van der Waals surface area (Å²) in [4.78, 5) is 0. The Kier molecular flexibility index (Phi) is 4.99. The molecule has 1 atom stereocenters. The fourth-order valence-electron chi connectivity index (χ4n) is 8.15. The summed E-state index contributed by atoms with van der Waals surface area (Å²) in [5, 5.41) is 8.54. The van der Waals surface area contributed by atoms with Crippen LogP contribution in [0.4, 0.5) is 0 Å². The second-order valence-corrected chi connectivity index (χ2v) is 13.1. The van der Waals surface area contributed by atoms with Crippen molar-refractivity contribution < 1.29 is 5.48 Å². The summed E-state index contributed by atoms with van der Waals surface area (Å²) >= 11 is 0. The van der Waals surface area contributed by atoms with Crippen LogP contribution in [0.5, 0.6) is 0 Å². The van der Waals surface area contributed by atoms with Crippen molar-refractivity contribution in [3.05, 3.63) is 193 Å². The number of fused-ring (bicyclic) bond motifs is 8. The van der Waals surface area contributed by atoms with Crippen LogP contribution < -0.4 is 0 Å². The van der Waals surface area contributed by atoms with Crippen LogP contribution in [0, 0.1) is 0 Å². The number of benzene rings is 9. The first-order chi connectivity index (χ1) is 25.3. The second kappa shape index (κ2) is 10.3. The van der Waals surface area contributed by atoms with Gasteiger partial charge >= 0.3 is 0 Å². The van der Waals surface area contributed by atoms with Gasteiger partial charge in [0, 0.05) is 5.41 Å². The van der Waals surface area contributed by atoms with E-state index in [2.05, 4.69) is 110 Å². The highest BCUT2D eigenvalue weighted by atomic mass is 14.4. The van der Waals surface area contributed by atoms with Crippen LogP contribution in [0.1, 0.15) is 29.1 Å². The molecule has 0 heteroatoms. The van der Waals surface area contributed by atoms with Gasteiger partial charge in [0.2, 0.25) is 0 Å². The summed E-state index contributed by atoms with van der Waals surface area (Å²) < 4.78 is 38.3. The molecule has 0 saturated carbocycles. The minimum absolute atomic E-state index is 0.0391. The average Bonchev–Trinajstić information content (AvgIpc) is 3.44. The van der Waals surface area contributed by atoms with Crippen molar-refractivity contribution >= 4 is 43.1 Å². The highest BCUT2D eigenvalue weighted by Gasteiger charge is 2.42. The molecule has 1 aliphatic carbocycles. The molecule has 1 aliphatic rings. The van der Waals surface area contributed by atoms with Crippen LogP contribution in [0.25, 0.3) is 76.5 Å². The van der Waals surface area contributed by atoms with Gasteiger partial charge < -0.3 is 0 Å². The zero-order valence-corrected chi connectivity index (χ0v) is 26.4. The SMILES string of the molecule is [2H]c1c([2H])c(-c2cccc3ccc4cc5ccccc5cc4c23)c([2H])c([2H])c1-c1cccc2c1-c1cc3ccccc3cc1C2(C)c1ccccc1. The summed E-state index contributed by atoms with van der Waals surface area (Å²) in [7, 11) is 0. The Morgan fingerprint density at radius 1 is 0.417 bits per heavy atom. The van der Waals surface area contributed by atoms with Gasteiger partial charge in [-0.1, -0.05) is 152 Å². The maximum Gasteiger partial charge on any atom is 0.0629 e. The van der Waals surface area contributed by atoms with E-state index in [1.807, 2.05) is 48.5 Å². The predicted octanol–water partition coefficient (Wildman–Crippen LogP) is 13.0. The fourth-order valence-corrected chi connectivity index (χ4v) is 8.15. The van der Waals surface area contributed by atoms with Crippen molar-refractivity contribution in [2.45, 2.75) is 12.3 Å². The Balaban J connectivity index is 1.25. The molecule has 0 amide bonds. The third kappa shape index (κ3) is 3.90. The molecule has 0 fully saturated rings. The van der Waals surface area contributed by atoms with Crippen molar-refractivity contribution in [1.82, 2.24) is 0 Å². The molecule has 0 aromatic heterocycles. The summed E-state index contributed by atoms with van der Waals surface area (Å²) in [5.74, 6) is 0. The number of rotatable bonds is 3.